The average Bonchev–Trinajstić information content (AvgIpc) is 3.82. The van der Waals surface area contributed by atoms with E-state index in [1.54, 1.807) is 34.9 Å². The van der Waals surface area contributed by atoms with Gasteiger partial charge in [-0.05, 0) is 127 Å². The molecule has 354 valence electrons. The van der Waals surface area contributed by atoms with E-state index in [-0.39, 0.29) is 69.6 Å². The third-order valence-corrected chi connectivity index (χ3v) is 13.8. The van der Waals surface area contributed by atoms with Gasteiger partial charge < -0.3 is 43.5 Å². The molecule has 0 aromatic heterocycles. The zero-order chi connectivity index (χ0) is 46.9. The summed E-state index contributed by atoms with van der Waals surface area (Å²) in [6.45, 7) is 4.40. The van der Waals surface area contributed by atoms with Crippen LogP contribution in [-0.2, 0) is 27.5 Å². The number of benzene rings is 4. The third-order valence-electron chi connectivity index (χ3n) is 13.1. The van der Waals surface area contributed by atoms with Gasteiger partial charge >= 0.3 is 6.09 Å². The molecule has 1 amide bonds. The molecule has 0 bridgehead atoms. The number of unbranched alkanes of at least 4 members (excludes halogenated alkanes) is 2. The molecule has 2 heterocycles. The number of carbonyl (C=O) groups excluding carboxylic acids is 1. The Morgan fingerprint density at radius 3 is 2.37 bits per heavy atom. The number of aliphatic hydroxyl groups excluding tert-OH is 2. The highest BCUT2D eigenvalue weighted by Crippen LogP contribution is 2.62. The molecule has 1 saturated carbocycles. The van der Waals surface area contributed by atoms with E-state index in [4.69, 9.17) is 38.4 Å². The van der Waals surface area contributed by atoms with Crippen LogP contribution in [0, 0.1) is 27.9 Å². The number of amides is 1. The standard InChI is InChI=1S/C51H57N3O12S/c1-4-25-63-51-47(53(50(57)60-2)30-34-13-21-45-46(26-34)62-32-61-45)29-43(52-64-31-33-11-14-36(15-12-33)54(58)59)41-27-35(9-5-7-23-55)40(10-6-8-24-56)48(49(41)51)42-28-38(18-22-44(42)66-51)65-37-16-19-39(67-3)20-17-37/h4,11-22,26-28,35,40,47-49,55-56H,1,5-10,23-25,29-32H2,2-3H3. The zero-order valence-corrected chi connectivity index (χ0v) is 38.6. The first-order chi connectivity index (χ1) is 32.7. The molecule has 4 aromatic carbocycles. The largest absolute Gasteiger partial charge is 0.459 e. The number of nitrogens with zero attached hydrogens (tertiary/aromatic N) is 3. The van der Waals surface area contributed by atoms with Crippen molar-refractivity contribution in [1.82, 2.24) is 4.90 Å². The Balaban J connectivity index is 1.31. The van der Waals surface area contributed by atoms with Crippen molar-refractivity contribution in [3.05, 3.63) is 136 Å². The lowest BCUT2D eigenvalue weighted by Gasteiger charge is -2.59. The topological polar surface area (TPSA) is 181 Å². The maximum Gasteiger partial charge on any atom is 0.410 e. The molecule has 15 nitrogen and oxygen atoms in total. The summed E-state index contributed by atoms with van der Waals surface area (Å²) in [7, 11) is 1.34. The minimum atomic E-state index is -1.54. The molecule has 2 aliphatic carbocycles. The van der Waals surface area contributed by atoms with Crippen molar-refractivity contribution in [3.63, 3.8) is 0 Å². The molecule has 6 atom stereocenters. The molecule has 4 aliphatic rings. The first kappa shape index (κ1) is 47.4. The lowest BCUT2D eigenvalue weighted by molar-refractivity contribution is -0.384. The minimum absolute atomic E-state index is 0.00465. The fourth-order valence-corrected chi connectivity index (χ4v) is 10.5. The Hall–Kier alpha value is -6.07. The van der Waals surface area contributed by atoms with Crippen LogP contribution in [0.3, 0.4) is 0 Å². The van der Waals surface area contributed by atoms with E-state index in [1.807, 2.05) is 66.9 Å². The molecule has 1 fully saturated rings. The molecule has 4 aromatic rings. The van der Waals surface area contributed by atoms with Gasteiger partial charge in [-0.25, -0.2) is 4.79 Å². The van der Waals surface area contributed by atoms with Crippen LogP contribution in [0.2, 0.25) is 0 Å². The van der Waals surface area contributed by atoms with Crippen molar-refractivity contribution < 1.29 is 53.2 Å². The summed E-state index contributed by atoms with van der Waals surface area (Å²) >= 11 is 1.65. The number of nitro benzene ring substituents is 1. The Kier molecular flexibility index (Phi) is 15.4. The first-order valence-electron chi connectivity index (χ1n) is 22.7. The number of hydrogen-bond acceptors (Lipinski definition) is 14. The Morgan fingerprint density at radius 1 is 0.940 bits per heavy atom. The maximum atomic E-state index is 14.4. The molecule has 16 heteroatoms. The highest BCUT2D eigenvalue weighted by molar-refractivity contribution is 7.98. The predicted octanol–water partition coefficient (Wildman–Crippen LogP) is 9.94. The summed E-state index contributed by atoms with van der Waals surface area (Å²) in [5, 5.41) is 36.3. The third kappa shape index (κ3) is 10.3. The number of aliphatic hydroxyl groups is 2. The number of fused-ring (bicyclic) bond motifs is 3. The number of non-ortho nitro benzene ring substituents is 1. The number of rotatable bonds is 21. The number of nitro groups is 1. The number of thioether (sulfide) groups is 1. The maximum absolute atomic E-state index is 14.4. The number of allylic oxidation sites excluding steroid dienone is 1. The SMILES string of the molecule is C=CCOC12Oc3ccc(Oc4ccc(SC)cc4)cc3C3C(CCCCO)C(CCCCO)C=C(C(=NOCc4ccc([N+](=O)[O-])cc4)CC1N(Cc1ccc4c(c1)OCO4)C(=O)OC)C32. The van der Waals surface area contributed by atoms with Crippen molar-refractivity contribution in [2.75, 3.05) is 40.0 Å². The summed E-state index contributed by atoms with van der Waals surface area (Å²) < 4.78 is 37.9. The number of carbonyl (C=O) groups is 1. The average molecular weight is 936 g/mol. The van der Waals surface area contributed by atoms with Crippen LogP contribution >= 0.6 is 11.8 Å². The van der Waals surface area contributed by atoms with Gasteiger partial charge in [-0.3, -0.25) is 15.0 Å². The molecule has 0 spiro atoms. The van der Waals surface area contributed by atoms with E-state index in [9.17, 15) is 25.1 Å². The van der Waals surface area contributed by atoms with E-state index < -0.39 is 28.8 Å². The molecule has 0 saturated heterocycles. The van der Waals surface area contributed by atoms with Crippen LogP contribution in [0.1, 0.15) is 67.6 Å². The number of hydrogen-bond donors (Lipinski definition) is 2. The van der Waals surface area contributed by atoms with Crippen LogP contribution in [0.25, 0.3) is 0 Å². The van der Waals surface area contributed by atoms with Gasteiger partial charge in [-0.1, -0.05) is 36.2 Å². The van der Waals surface area contributed by atoms with Gasteiger partial charge in [0.05, 0.1) is 30.3 Å². The minimum Gasteiger partial charge on any atom is -0.459 e. The van der Waals surface area contributed by atoms with Gasteiger partial charge in [0.2, 0.25) is 12.6 Å². The summed E-state index contributed by atoms with van der Waals surface area (Å²) in [5.41, 5.74) is 3.71. The number of ether oxygens (including phenoxy) is 6. The molecular formula is C51H57N3O12S. The van der Waals surface area contributed by atoms with Gasteiger partial charge in [0, 0.05) is 54.7 Å². The normalized spacial score (nSPS) is 22.7. The number of oxime groups is 1. The van der Waals surface area contributed by atoms with E-state index in [0.29, 0.717) is 52.9 Å². The first-order valence-corrected chi connectivity index (χ1v) is 23.9. The molecular weight excluding hydrogens is 879 g/mol. The summed E-state index contributed by atoms with van der Waals surface area (Å²) in [6, 6.07) is 24.5. The fraction of sp³-hybridized carbons (Fsp3) is 0.412. The lowest BCUT2D eigenvalue weighted by Crippen LogP contribution is -2.70. The highest BCUT2D eigenvalue weighted by Gasteiger charge is 2.65. The second-order valence-electron chi connectivity index (χ2n) is 17.0. The van der Waals surface area contributed by atoms with Crippen LogP contribution in [0.15, 0.2) is 119 Å². The van der Waals surface area contributed by atoms with E-state index in [1.165, 1.54) is 19.2 Å². The molecule has 0 radical (unpaired) electrons. The molecule has 6 unspecified atom stereocenters. The van der Waals surface area contributed by atoms with Crippen molar-refractivity contribution in [1.29, 1.82) is 0 Å². The fourth-order valence-electron chi connectivity index (χ4n) is 10.0. The van der Waals surface area contributed by atoms with Crippen LogP contribution < -0.4 is 18.9 Å². The van der Waals surface area contributed by atoms with Crippen molar-refractivity contribution in [2.45, 2.75) is 80.7 Å². The summed E-state index contributed by atoms with van der Waals surface area (Å²) in [4.78, 5) is 34.3. The second-order valence-corrected chi connectivity index (χ2v) is 17.9. The van der Waals surface area contributed by atoms with Crippen LogP contribution in [-0.4, -0.2) is 83.6 Å². The van der Waals surface area contributed by atoms with Crippen LogP contribution in [0.4, 0.5) is 10.5 Å². The smallest absolute Gasteiger partial charge is 0.410 e. The Morgan fingerprint density at radius 2 is 1.66 bits per heavy atom. The van der Waals surface area contributed by atoms with Crippen molar-refractivity contribution in [2.24, 2.45) is 22.9 Å². The predicted molar refractivity (Wildman–Crippen MR) is 252 cm³/mol. The van der Waals surface area contributed by atoms with E-state index >= 15 is 0 Å². The van der Waals surface area contributed by atoms with Crippen molar-refractivity contribution in [3.8, 4) is 28.7 Å². The van der Waals surface area contributed by atoms with Crippen LogP contribution in [0.5, 0.6) is 28.7 Å². The summed E-state index contributed by atoms with van der Waals surface area (Å²) in [5.74, 6) is 0.570. The number of methoxy groups -OCH3 is 1. The van der Waals surface area contributed by atoms with Gasteiger partial charge in [0.1, 0.15) is 29.9 Å². The molecule has 8 rings (SSSR count). The highest BCUT2D eigenvalue weighted by atomic mass is 32.2. The van der Waals surface area contributed by atoms with Gasteiger partial charge in [0.25, 0.3) is 5.69 Å². The molecule has 2 N–H and O–H groups in total. The lowest BCUT2D eigenvalue weighted by atomic mass is 9.55. The van der Waals surface area contributed by atoms with Gasteiger partial charge in [0.15, 0.2) is 11.5 Å². The van der Waals surface area contributed by atoms with E-state index in [2.05, 4.69) is 12.7 Å². The molecule has 2 aliphatic heterocycles. The zero-order valence-electron chi connectivity index (χ0n) is 37.8. The quantitative estimate of drug-likeness (QED) is 0.0265. The van der Waals surface area contributed by atoms with Gasteiger partial charge in [-0.2, -0.15) is 0 Å². The van der Waals surface area contributed by atoms with Crippen molar-refractivity contribution >= 4 is 29.3 Å². The Bertz CT molecular complexity index is 2450. The summed E-state index contributed by atoms with van der Waals surface area (Å²) in [6.07, 6.45) is 9.73. The monoisotopic (exact) mass is 935 g/mol. The van der Waals surface area contributed by atoms with Gasteiger partial charge in [-0.15, -0.1) is 18.3 Å². The van der Waals surface area contributed by atoms with E-state index in [0.717, 1.165) is 47.3 Å². The Labute approximate surface area is 394 Å². The second kappa shape index (κ2) is 21.7. The molecule has 67 heavy (non-hydrogen) atoms.